The highest BCUT2D eigenvalue weighted by Crippen LogP contribution is 2.42. The summed E-state index contributed by atoms with van der Waals surface area (Å²) >= 11 is 0. The Bertz CT molecular complexity index is 889. The molecule has 126 valence electrons. The highest BCUT2D eigenvalue weighted by atomic mass is 16.2. The lowest BCUT2D eigenvalue weighted by atomic mass is 9.88. The van der Waals surface area contributed by atoms with Gasteiger partial charge in [0.2, 0.25) is 5.91 Å². The standard InChI is InChI=1S/C21H20N2O2/c24-20-12-15-10-14(7-8-18(15)22-20)21(25)23-9-3-6-17-16-5-2-1-4-13(16)11-19(17)23/h1-2,4-5,7-8,10,17,19H,3,6,9,11-12H2,(H,22,24)/t17-,19+/m0/s1. The first-order chi connectivity index (χ1) is 12.2. The normalized spacial score (nSPS) is 23.7. The molecule has 2 heterocycles. The van der Waals surface area contributed by atoms with Gasteiger partial charge in [0.15, 0.2) is 0 Å². The summed E-state index contributed by atoms with van der Waals surface area (Å²) in [5, 5.41) is 2.83. The molecule has 3 aliphatic rings. The van der Waals surface area contributed by atoms with Gasteiger partial charge >= 0.3 is 0 Å². The van der Waals surface area contributed by atoms with Gasteiger partial charge in [-0.2, -0.15) is 0 Å². The number of nitrogens with one attached hydrogen (secondary N) is 1. The van der Waals surface area contributed by atoms with E-state index in [-0.39, 0.29) is 17.9 Å². The van der Waals surface area contributed by atoms with Crippen LogP contribution in [-0.2, 0) is 17.6 Å². The number of rotatable bonds is 1. The molecule has 0 aromatic heterocycles. The molecule has 2 aromatic carbocycles. The van der Waals surface area contributed by atoms with E-state index < -0.39 is 0 Å². The van der Waals surface area contributed by atoms with Crippen LogP contribution in [-0.4, -0.2) is 29.3 Å². The number of benzene rings is 2. The molecule has 0 saturated carbocycles. The van der Waals surface area contributed by atoms with Crippen LogP contribution >= 0.6 is 0 Å². The van der Waals surface area contributed by atoms with Gasteiger partial charge in [-0.05, 0) is 54.2 Å². The minimum Gasteiger partial charge on any atom is -0.335 e. The Kier molecular flexibility index (Phi) is 3.20. The molecule has 2 aliphatic heterocycles. The van der Waals surface area contributed by atoms with Crippen molar-refractivity contribution in [3.05, 3.63) is 64.7 Å². The van der Waals surface area contributed by atoms with E-state index in [2.05, 4.69) is 34.5 Å². The van der Waals surface area contributed by atoms with Gasteiger partial charge in [0.25, 0.3) is 5.91 Å². The fourth-order valence-corrected chi connectivity index (χ4v) is 4.76. The van der Waals surface area contributed by atoms with E-state index in [0.29, 0.717) is 17.9 Å². The molecule has 0 unspecified atom stereocenters. The van der Waals surface area contributed by atoms with Crippen molar-refractivity contribution in [1.82, 2.24) is 4.90 Å². The molecule has 0 bridgehead atoms. The first kappa shape index (κ1) is 14.7. The van der Waals surface area contributed by atoms with E-state index in [1.807, 2.05) is 18.2 Å². The first-order valence-electron chi connectivity index (χ1n) is 9.02. The number of hydrogen-bond donors (Lipinski definition) is 1. The average molecular weight is 332 g/mol. The Hall–Kier alpha value is -2.62. The zero-order valence-corrected chi connectivity index (χ0v) is 14.0. The number of nitrogens with zero attached hydrogens (tertiary/aromatic N) is 1. The molecule has 0 radical (unpaired) electrons. The van der Waals surface area contributed by atoms with Crippen molar-refractivity contribution in [3.8, 4) is 0 Å². The quantitative estimate of drug-likeness (QED) is 0.872. The second kappa shape index (κ2) is 5.45. The summed E-state index contributed by atoms with van der Waals surface area (Å²) in [6, 6.07) is 14.5. The van der Waals surface area contributed by atoms with Crippen LogP contribution in [0.2, 0.25) is 0 Å². The molecule has 1 N–H and O–H groups in total. The number of anilines is 1. The summed E-state index contributed by atoms with van der Waals surface area (Å²) < 4.78 is 0. The summed E-state index contributed by atoms with van der Waals surface area (Å²) in [5.74, 6) is 0.570. The minimum atomic E-state index is 0.00359. The second-order valence-corrected chi connectivity index (χ2v) is 7.31. The van der Waals surface area contributed by atoms with Crippen LogP contribution in [0.4, 0.5) is 5.69 Å². The highest BCUT2D eigenvalue weighted by Gasteiger charge is 2.40. The van der Waals surface area contributed by atoms with Crippen LogP contribution < -0.4 is 5.32 Å². The number of fused-ring (bicyclic) bond motifs is 4. The van der Waals surface area contributed by atoms with Gasteiger partial charge in [0, 0.05) is 29.8 Å². The zero-order valence-electron chi connectivity index (χ0n) is 14.0. The van der Waals surface area contributed by atoms with Gasteiger partial charge in [-0.3, -0.25) is 9.59 Å². The Morgan fingerprint density at radius 1 is 1.12 bits per heavy atom. The fourth-order valence-electron chi connectivity index (χ4n) is 4.76. The molecule has 2 atom stereocenters. The smallest absolute Gasteiger partial charge is 0.254 e. The van der Waals surface area contributed by atoms with Crippen molar-refractivity contribution in [1.29, 1.82) is 0 Å². The van der Waals surface area contributed by atoms with Crippen molar-refractivity contribution in [3.63, 3.8) is 0 Å². The molecule has 25 heavy (non-hydrogen) atoms. The second-order valence-electron chi connectivity index (χ2n) is 7.31. The lowest BCUT2D eigenvalue weighted by molar-refractivity contribution is -0.115. The van der Waals surface area contributed by atoms with Gasteiger partial charge in [-0.1, -0.05) is 24.3 Å². The van der Waals surface area contributed by atoms with Crippen LogP contribution in [0.1, 0.15) is 45.8 Å². The van der Waals surface area contributed by atoms with Crippen LogP contribution in [0.15, 0.2) is 42.5 Å². The van der Waals surface area contributed by atoms with Crippen molar-refractivity contribution >= 4 is 17.5 Å². The number of amides is 2. The number of piperidine rings is 1. The summed E-state index contributed by atoms with van der Waals surface area (Å²) in [7, 11) is 0. The van der Waals surface area contributed by atoms with Gasteiger partial charge in [0.1, 0.15) is 0 Å². The van der Waals surface area contributed by atoms with Crippen LogP contribution in [0.5, 0.6) is 0 Å². The van der Waals surface area contributed by atoms with Crippen molar-refractivity contribution < 1.29 is 9.59 Å². The summed E-state index contributed by atoms with van der Waals surface area (Å²) in [6.45, 7) is 0.822. The number of carbonyl (C=O) groups is 2. The minimum absolute atomic E-state index is 0.00359. The topological polar surface area (TPSA) is 49.4 Å². The molecular formula is C21H20N2O2. The maximum Gasteiger partial charge on any atom is 0.254 e. The number of hydrogen-bond acceptors (Lipinski definition) is 2. The molecule has 5 rings (SSSR count). The van der Waals surface area contributed by atoms with E-state index in [0.717, 1.165) is 37.1 Å². The van der Waals surface area contributed by atoms with Crippen LogP contribution in [0.25, 0.3) is 0 Å². The molecule has 0 spiro atoms. The van der Waals surface area contributed by atoms with E-state index in [1.54, 1.807) is 0 Å². The highest BCUT2D eigenvalue weighted by molar-refractivity contribution is 6.01. The van der Waals surface area contributed by atoms with E-state index in [1.165, 1.54) is 11.1 Å². The fraction of sp³-hybridized carbons (Fsp3) is 0.333. The molecule has 4 heteroatoms. The van der Waals surface area contributed by atoms with Crippen LogP contribution in [0, 0.1) is 0 Å². The van der Waals surface area contributed by atoms with Crippen molar-refractivity contribution in [2.75, 3.05) is 11.9 Å². The Morgan fingerprint density at radius 2 is 2.00 bits per heavy atom. The van der Waals surface area contributed by atoms with Gasteiger partial charge in [-0.15, -0.1) is 0 Å². The Labute approximate surface area is 146 Å². The maximum absolute atomic E-state index is 13.2. The van der Waals surface area contributed by atoms with E-state index in [4.69, 9.17) is 0 Å². The summed E-state index contributed by atoms with van der Waals surface area (Å²) in [5.41, 5.74) is 5.28. The molecule has 2 aromatic rings. The molecule has 2 amide bonds. The van der Waals surface area contributed by atoms with Crippen molar-refractivity contribution in [2.45, 2.75) is 37.6 Å². The molecule has 1 saturated heterocycles. The lowest BCUT2D eigenvalue weighted by Gasteiger charge is -2.38. The average Bonchev–Trinajstić information content (AvgIpc) is 3.19. The van der Waals surface area contributed by atoms with Gasteiger partial charge in [-0.25, -0.2) is 0 Å². The SMILES string of the molecule is O=C1Cc2cc(C(=O)N3CCC[C@H]4c5ccccc5C[C@H]43)ccc2N1. The molecular weight excluding hydrogens is 312 g/mol. The molecule has 4 nitrogen and oxygen atoms in total. The monoisotopic (exact) mass is 332 g/mol. The molecule has 1 fully saturated rings. The van der Waals surface area contributed by atoms with Crippen LogP contribution in [0.3, 0.4) is 0 Å². The number of likely N-dealkylation sites (tertiary alicyclic amines) is 1. The Morgan fingerprint density at radius 3 is 2.92 bits per heavy atom. The lowest BCUT2D eigenvalue weighted by Crippen LogP contribution is -2.46. The Balaban J connectivity index is 1.45. The predicted molar refractivity (Wildman–Crippen MR) is 95.7 cm³/mol. The van der Waals surface area contributed by atoms with E-state index >= 15 is 0 Å². The third-order valence-electron chi connectivity index (χ3n) is 5.90. The molecule has 1 aliphatic carbocycles. The summed E-state index contributed by atoms with van der Waals surface area (Å²) in [6.07, 6.45) is 3.53. The maximum atomic E-state index is 13.2. The first-order valence-corrected chi connectivity index (χ1v) is 9.02. The van der Waals surface area contributed by atoms with Crippen molar-refractivity contribution in [2.24, 2.45) is 0 Å². The zero-order chi connectivity index (χ0) is 17.0. The predicted octanol–water partition coefficient (Wildman–Crippen LogP) is 3.13. The van der Waals surface area contributed by atoms with E-state index in [9.17, 15) is 9.59 Å². The number of carbonyl (C=O) groups excluding carboxylic acids is 2. The summed E-state index contributed by atoms with van der Waals surface area (Å²) in [4.78, 5) is 26.8. The van der Waals surface area contributed by atoms with Gasteiger partial charge < -0.3 is 10.2 Å². The third kappa shape index (κ3) is 2.28. The third-order valence-corrected chi connectivity index (χ3v) is 5.90. The largest absolute Gasteiger partial charge is 0.335 e. The van der Waals surface area contributed by atoms with Gasteiger partial charge in [0.05, 0.1) is 6.42 Å².